The maximum atomic E-state index is 14.5. The van der Waals surface area contributed by atoms with Gasteiger partial charge >= 0.3 is 23.5 Å². The molecule has 0 spiro atoms. The first kappa shape index (κ1) is 44.9. The highest BCUT2D eigenvalue weighted by molar-refractivity contribution is 6.19. The number of phenols is 10. The van der Waals surface area contributed by atoms with Crippen LogP contribution in [0, 0.1) is 0 Å². The Balaban J connectivity index is 1.34. The summed E-state index contributed by atoms with van der Waals surface area (Å²) >= 11 is 0. The molecule has 66 heavy (non-hydrogen) atoms. The van der Waals surface area contributed by atoms with Crippen molar-refractivity contribution in [3.05, 3.63) is 56.9 Å². The monoisotopic (exact) mass is 928 g/mol. The van der Waals surface area contributed by atoms with E-state index in [0.717, 1.165) is 7.11 Å². The van der Waals surface area contributed by atoms with Gasteiger partial charge in [-0.1, -0.05) is 0 Å². The first-order valence-corrected chi connectivity index (χ1v) is 19.3. The molecule has 5 aromatic rings. The van der Waals surface area contributed by atoms with E-state index in [2.05, 4.69) is 0 Å². The molecule has 0 radical (unpaired) electrons. The highest BCUT2D eigenvalue weighted by atomic mass is 16.7. The number of aliphatic hydroxyl groups excluding tert-OH is 4. The van der Waals surface area contributed by atoms with E-state index in [9.17, 15) is 90.7 Å². The summed E-state index contributed by atoms with van der Waals surface area (Å²) in [6.45, 7) is -1.15. The highest BCUT2D eigenvalue weighted by Gasteiger charge is 2.52. The summed E-state index contributed by atoms with van der Waals surface area (Å²) in [5, 5.41) is 148. The number of esters is 3. The largest absolute Gasteiger partial charge is 0.504 e. The lowest BCUT2D eigenvalue weighted by Gasteiger charge is -2.43. The molecule has 5 unspecified atom stereocenters. The van der Waals surface area contributed by atoms with Crippen LogP contribution in [0.15, 0.2) is 33.5 Å². The Kier molecular flexibility index (Phi) is 11.2. The van der Waals surface area contributed by atoms with Crippen molar-refractivity contribution in [2.24, 2.45) is 0 Å². The van der Waals surface area contributed by atoms with Gasteiger partial charge in [0.1, 0.15) is 30.5 Å². The summed E-state index contributed by atoms with van der Waals surface area (Å²) in [6, 6.07) is 2.28. The average molecular weight is 929 g/mol. The molecule has 3 heterocycles. The summed E-state index contributed by atoms with van der Waals surface area (Å²) in [5.74, 6) is -20.4. The SMILES string of the molecule is CO[C@H]1C(O)O[C@@H]2COC(=O)c3cc(O)c(O)c(O)c3Oc3c(O)cc4c(=O)oc5c(O)c(O)cc(c5c4c3O)C(=O)O[C@H]2[C@@H]1OC(=O)c1cc(O)c(O)c(O)c1C1CCC(O)C(O)C1O. The van der Waals surface area contributed by atoms with Crippen molar-refractivity contribution < 1.29 is 119 Å². The van der Waals surface area contributed by atoms with Crippen LogP contribution in [0.2, 0.25) is 0 Å². The van der Waals surface area contributed by atoms with E-state index in [1.54, 1.807) is 0 Å². The molecule has 1 aliphatic carbocycles. The van der Waals surface area contributed by atoms with Gasteiger partial charge in [-0.3, -0.25) is 0 Å². The van der Waals surface area contributed by atoms with Gasteiger partial charge in [0.05, 0.1) is 28.7 Å². The van der Waals surface area contributed by atoms with E-state index >= 15 is 0 Å². The first-order chi connectivity index (χ1) is 31.2. The smallest absolute Gasteiger partial charge is 0.344 e. The zero-order chi connectivity index (χ0) is 48.0. The van der Waals surface area contributed by atoms with Crippen molar-refractivity contribution in [1.82, 2.24) is 0 Å². The van der Waals surface area contributed by atoms with E-state index < -0.39 is 198 Å². The van der Waals surface area contributed by atoms with Crippen molar-refractivity contribution in [2.75, 3.05) is 13.7 Å². The molecule has 2 bridgehead atoms. The number of methoxy groups -OCH3 is 1. The lowest BCUT2D eigenvalue weighted by atomic mass is 9.76. The topological polar surface area (TPSA) is 420 Å². The van der Waals surface area contributed by atoms with Crippen molar-refractivity contribution in [3.63, 3.8) is 0 Å². The van der Waals surface area contributed by atoms with Crippen LogP contribution >= 0.6 is 0 Å². The Morgan fingerprint density at radius 1 is 0.667 bits per heavy atom. The summed E-state index contributed by atoms with van der Waals surface area (Å²) in [5.41, 5.74) is -5.66. The second kappa shape index (κ2) is 16.4. The van der Waals surface area contributed by atoms with Gasteiger partial charge < -0.3 is 104 Å². The van der Waals surface area contributed by atoms with Crippen molar-refractivity contribution in [3.8, 4) is 69.0 Å². The fourth-order valence-corrected chi connectivity index (χ4v) is 8.27. The van der Waals surface area contributed by atoms with Crippen molar-refractivity contribution >= 4 is 39.6 Å². The number of hydrogen-bond donors (Lipinski definition) is 14. The van der Waals surface area contributed by atoms with E-state index in [0.29, 0.717) is 24.3 Å². The quantitative estimate of drug-likeness (QED) is 0.0381. The Hall–Kier alpha value is -7.68. The summed E-state index contributed by atoms with van der Waals surface area (Å²) < 4.78 is 38.6. The minimum atomic E-state index is -2.19. The number of carbonyl (C=O) groups excluding carboxylic acids is 3. The van der Waals surface area contributed by atoms with Gasteiger partial charge in [-0.05, 0) is 31.0 Å². The van der Waals surface area contributed by atoms with Crippen LogP contribution < -0.4 is 10.4 Å². The van der Waals surface area contributed by atoms with Crippen LogP contribution in [0.25, 0.3) is 21.7 Å². The fourth-order valence-electron chi connectivity index (χ4n) is 8.27. The molecule has 2 aliphatic heterocycles. The normalized spacial score (nSPS) is 25.6. The second-order valence-corrected chi connectivity index (χ2v) is 15.3. The molecule has 8 rings (SSSR count). The zero-order valence-electron chi connectivity index (χ0n) is 33.4. The van der Waals surface area contributed by atoms with Gasteiger partial charge in [-0.25, -0.2) is 19.2 Å². The van der Waals surface area contributed by atoms with Gasteiger partial charge in [-0.2, -0.15) is 0 Å². The van der Waals surface area contributed by atoms with Crippen LogP contribution in [0.1, 0.15) is 55.4 Å². The number of hydrogen-bond acceptors (Lipinski definition) is 25. The van der Waals surface area contributed by atoms with Gasteiger partial charge in [0.15, 0.2) is 64.3 Å². The van der Waals surface area contributed by atoms with Crippen LogP contribution in [-0.2, 0) is 23.7 Å². The van der Waals surface area contributed by atoms with Crippen LogP contribution in [-0.4, -0.2) is 152 Å². The molecule has 0 amide bonds. The third-order valence-corrected chi connectivity index (χ3v) is 11.5. The molecular weight excluding hydrogens is 892 g/mol. The first-order valence-electron chi connectivity index (χ1n) is 19.3. The highest BCUT2D eigenvalue weighted by Crippen LogP contribution is 2.53. The molecule has 25 heteroatoms. The van der Waals surface area contributed by atoms with Crippen LogP contribution in [0.5, 0.6) is 69.0 Å². The summed E-state index contributed by atoms with van der Waals surface area (Å²) in [7, 11) is 0.961. The molecule has 25 nitrogen and oxygen atoms in total. The average Bonchev–Trinajstić information content (AvgIpc) is 3.27. The number of phenolic OH excluding ortho intramolecular Hbond substituents is 10. The minimum absolute atomic E-state index is 0.202. The van der Waals surface area contributed by atoms with Gasteiger partial charge in [0.2, 0.25) is 28.7 Å². The predicted molar refractivity (Wildman–Crippen MR) is 210 cm³/mol. The number of ether oxygens (including phenoxy) is 6. The zero-order valence-corrected chi connectivity index (χ0v) is 33.4. The summed E-state index contributed by atoms with van der Waals surface area (Å²) in [6.07, 6.45) is -16.0. The Labute approximate surface area is 365 Å². The van der Waals surface area contributed by atoms with E-state index in [-0.39, 0.29) is 12.8 Å². The molecule has 350 valence electrons. The fraction of sp³-hybridized carbons (Fsp3) is 0.317. The number of aliphatic hydroxyl groups is 4. The molecule has 1 saturated heterocycles. The number of cyclic esters (lactones) is 1. The van der Waals surface area contributed by atoms with E-state index in [1.807, 2.05) is 0 Å². The van der Waals surface area contributed by atoms with Gasteiger partial charge in [0, 0.05) is 35.4 Å². The molecule has 4 aromatic carbocycles. The summed E-state index contributed by atoms with van der Waals surface area (Å²) in [4.78, 5) is 56.0. The number of aromatic hydroxyl groups is 10. The lowest BCUT2D eigenvalue weighted by molar-refractivity contribution is -0.290. The number of fused-ring (bicyclic) bond motifs is 3. The van der Waals surface area contributed by atoms with Crippen molar-refractivity contribution in [2.45, 2.75) is 67.8 Å². The Morgan fingerprint density at radius 2 is 1.32 bits per heavy atom. The Bertz CT molecular complexity index is 2920. The number of rotatable bonds is 4. The number of carbonyl (C=O) groups is 3. The Morgan fingerprint density at radius 3 is 2.02 bits per heavy atom. The van der Waals surface area contributed by atoms with Crippen LogP contribution in [0.3, 0.4) is 0 Å². The molecule has 2 fully saturated rings. The predicted octanol–water partition coefficient (Wildman–Crippen LogP) is 0.408. The molecule has 14 N–H and O–H groups in total. The third kappa shape index (κ3) is 7.05. The third-order valence-electron chi connectivity index (χ3n) is 11.5. The second-order valence-electron chi connectivity index (χ2n) is 15.3. The molecule has 1 aromatic heterocycles. The molecule has 1 saturated carbocycles. The maximum absolute atomic E-state index is 14.5. The van der Waals surface area contributed by atoms with Crippen molar-refractivity contribution in [1.29, 1.82) is 0 Å². The standard InChI is InChI=1S/C41H36O25/c1-60-36-35(66-38(56)10-4-15(43)25(49)28(52)20(10)9-2-3-14(42)24(48)23(9)47)33-19(62-41(36)59)8-61-37(55)13-7-16(44)26(50)30(54)31(13)63-32-18(46)6-11-21(29(32)53)22-12(40(58)64-33)5-17(45)27(51)34(22)65-39(11)57/h4-7,9,14,19,23-24,33,35-36,41-54,59H,2-3,8H2,1H3/t9?,14?,19-,23?,24?,33-,35+,36-,41?/m1/s1. The van der Waals surface area contributed by atoms with Crippen LogP contribution in [0.4, 0.5) is 0 Å². The van der Waals surface area contributed by atoms with E-state index in [4.69, 9.17) is 32.8 Å². The van der Waals surface area contributed by atoms with E-state index in [1.165, 1.54) is 0 Å². The maximum Gasteiger partial charge on any atom is 0.344 e. The van der Waals surface area contributed by atoms with Gasteiger partial charge in [-0.15, -0.1) is 0 Å². The van der Waals surface area contributed by atoms with Gasteiger partial charge in [0.25, 0.3) is 0 Å². The minimum Gasteiger partial charge on any atom is -0.504 e. The molecule has 3 aliphatic rings. The lowest BCUT2D eigenvalue weighted by Crippen LogP contribution is -2.62. The number of benzene rings is 4. The molecule has 9 atom stereocenters. The molecular formula is C41H36O25.